The number of piperidine rings is 1. The second-order valence-corrected chi connectivity index (χ2v) is 5.18. The van der Waals surface area contributed by atoms with E-state index in [-0.39, 0.29) is 23.8 Å². The first-order chi connectivity index (χ1) is 8.63. The SMILES string of the molecule is CC1CCOC1C(=O)N1CCC(C(N)=NO)CC1. The summed E-state index contributed by atoms with van der Waals surface area (Å²) in [6, 6.07) is 0. The van der Waals surface area contributed by atoms with Crippen molar-refractivity contribution >= 4 is 11.7 Å². The van der Waals surface area contributed by atoms with Crippen LogP contribution in [-0.2, 0) is 9.53 Å². The molecular weight excluding hydrogens is 234 g/mol. The smallest absolute Gasteiger partial charge is 0.251 e. The average molecular weight is 255 g/mol. The molecule has 0 bridgehead atoms. The van der Waals surface area contributed by atoms with E-state index in [2.05, 4.69) is 12.1 Å². The molecule has 0 radical (unpaired) electrons. The summed E-state index contributed by atoms with van der Waals surface area (Å²) < 4.78 is 5.50. The summed E-state index contributed by atoms with van der Waals surface area (Å²) in [6.07, 6.45) is 2.19. The van der Waals surface area contributed by atoms with Gasteiger partial charge >= 0.3 is 0 Å². The lowest BCUT2D eigenvalue weighted by Gasteiger charge is -2.33. The maximum Gasteiger partial charge on any atom is 0.251 e. The summed E-state index contributed by atoms with van der Waals surface area (Å²) >= 11 is 0. The number of rotatable bonds is 2. The first-order valence-corrected chi connectivity index (χ1v) is 6.51. The number of nitrogens with zero attached hydrogens (tertiary/aromatic N) is 2. The predicted molar refractivity (Wildman–Crippen MR) is 66.2 cm³/mol. The minimum Gasteiger partial charge on any atom is -0.409 e. The summed E-state index contributed by atoms with van der Waals surface area (Å²) in [5.41, 5.74) is 5.59. The van der Waals surface area contributed by atoms with Gasteiger partial charge in [-0.1, -0.05) is 12.1 Å². The topological polar surface area (TPSA) is 88.2 Å². The molecule has 2 aliphatic heterocycles. The molecule has 0 aromatic heterocycles. The zero-order valence-electron chi connectivity index (χ0n) is 10.7. The maximum atomic E-state index is 12.2. The zero-order valence-corrected chi connectivity index (χ0v) is 10.7. The molecule has 18 heavy (non-hydrogen) atoms. The molecule has 2 saturated heterocycles. The van der Waals surface area contributed by atoms with Crippen molar-refractivity contribution in [3.05, 3.63) is 0 Å². The molecule has 0 aromatic carbocycles. The highest BCUT2D eigenvalue weighted by molar-refractivity contribution is 5.84. The Bertz CT molecular complexity index is 337. The van der Waals surface area contributed by atoms with Crippen LogP contribution >= 0.6 is 0 Å². The fourth-order valence-electron chi connectivity index (χ4n) is 2.67. The lowest BCUT2D eigenvalue weighted by Crippen LogP contribution is -2.46. The van der Waals surface area contributed by atoms with Crippen LogP contribution in [-0.4, -0.2) is 47.7 Å². The third kappa shape index (κ3) is 2.58. The summed E-state index contributed by atoms with van der Waals surface area (Å²) in [6.45, 7) is 4.05. The number of likely N-dealkylation sites (tertiary alicyclic amines) is 1. The third-order valence-corrected chi connectivity index (χ3v) is 3.97. The van der Waals surface area contributed by atoms with Gasteiger partial charge < -0.3 is 20.6 Å². The highest BCUT2D eigenvalue weighted by Crippen LogP contribution is 2.24. The van der Waals surface area contributed by atoms with Crippen LogP contribution in [0.15, 0.2) is 5.16 Å². The molecule has 2 heterocycles. The van der Waals surface area contributed by atoms with Gasteiger partial charge in [-0.15, -0.1) is 0 Å². The fourth-order valence-corrected chi connectivity index (χ4v) is 2.67. The molecule has 2 fully saturated rings. The van der Waals surface area contributed by atoms with Crippen LogP contribution in [0.2, 0.25) is 0 Å². The number of amidine groups is 1. The summed E-state index contributed by atoms with van der Waals surface area (Å²) in [5, 5.41) is 11.7. The molecule has 2 aliphatic rings. The number of oxime groups is 1. The Morgan fingerprint density at radius 2 is 2.06 bits per heavy atom. The third-order valence-electron chi connectivity index (χ3n) is 3.97. The largest absolute Gasteiger partial charge is 0.409 e. The Balaban J connectivity index is 1.88. The first kappa shape index (κ1) is 13.1. The van der Waals surface area contributed by atoms with Crippen LogP contribution in [0.3, 0.4) is 0 Å². The zero-order chi connectivity index (χ0) is 13.1. The number of hydrogen-bond acceptors (Lipinski definition) is 4. The van der Waals surface area contributed by atoms with Crippen molar-refractivity contribution in [1.29, 1.82) is 0 Å². The predicted octanol–water partition coefficient (Wildman–Crippen LogP) is 0.396. The van der Waals surface area contributed by atoms with Crippen molar-refractivity contribution in [1.82, 2.24) is 4.90 Å². The number of carbonyl (C=O) groups excluding carboxylic acids is 1. The van der Waals surface area contributed by atoms with Crippen LogP contribution in [0, 0.1) is 11.8 Å². The Kier molecular flexibility index (Phi) is 4.06. The van der Waals surface area contributed by atoms with Gasteiger partial charge in [0.2, 0.25) is 0 Å². The Morgan fingerprint density at radius 1 is 1.39 bits per heavy atom. The van der Waals surface area contributed by atoms with Crippen molar-refractivity contribution in [2.24, 2.45) is 22.7 Å². The van der Waals surface area contributed by atoms with Crippen LogP contribution < -0.4 is 5.73 Å². The van der Waals surface area contributed by atoms with Crippen LogP contribution in [0.4, 0.5) is 0 Å². The van der Waals surface area contributed by atoms with Crippen LogP contribution in [0.25, 0.3) is 0 Å². The van der Waals surface area contributed by atoms with Crippen LogP contribution in [0.5, 0.6) is 0 Å². The molecule has 6 nitrogen and oxygen atoms in total. The molecule has 102 valence electrons. The van der Waals surface area contributed by atoms with E-state index in [0.717, 1.165) is 19.3 Å². The molecule has 2 atom stereocenters. The maximum absolute atomic E-state index is 12.2. The van der Waals surface area contributed by atoms with Gasteiger partial charge in [0.1, 0.15) is 11.9 Å². The van der Waals surface area contributed by atoms with Crippen molar-refractivity contribution in [3.8, 4) is 0 Å². The Morgan fingerprint density at radius 3 is 2.56 bits per heavy atom. The van der Waals surface area contributed by atoms with Crippen molar-refractivity contribution in [2.45, 2.75) is 32.3 Å². The van der Waals surface area contributed by atoms with Crippen molar-refractivity contribution in [3.63, 3.8) is 0 Å². The van der Waals surface area contributed by atoms with Crippen molar-refractivity contribution in [2.75, 3.05) is 19.7 Å². The summed E-state index contributed by atoms with van der Waals surface area (Å²) in [7, 11) is 0. The van der Waals surface area contributed by atoms with E-state index in [1.165, 1.54) is 0 Å². The fraction of sp³-hybridized carbons (Fsp3) is 0.833. The molecule has 0 saturated carbocycles. The van der Waals surface area contributed by atoms with Gasteiger partial charge in [-0.05, 0) is 25.2 Å². The molecule has 0 aromatic rings. The van der Waals surface area contributed by atoms with Gasteiger partial charge in [-0.25, -0.2) is 0 Å². The van der Waals surface area contributed by atoms with Crippen molar-refractivity contribution < 1.29 is 14.7 Å². The average Bonchev–Trinajstić information content (AvgIpc) is 2.83. The van der Waals surface area contributed by atoms with E-state index in [0.29, 0.717) is 25.6 Å². The number of nitrogens with two attached hydrogens (primary N) is 1. The normalized spacial score (nSPS) is 30.7. The Labute approximate surface area is 107 Å². The summed E-state index contributed by atoms with van der Waals surface area (Å²) in [5.74, 6) is 0.755. The monoisotopic (exact) mass is 255 g/mol. The second kappa shape index (κ2) is 5.56. The second-order valence-electron chi connectivity index (χ2n) is 5.18. The molecule has 6 heteroatoms. The van der Waals surface area contributed by atoms with Gasteiger partial charge in [0, 0.05) is 25.6 Å². The van der Waals surface area contributed by atoms with E-state index in [4.69, 9.17) is 15.7 Å². The van der Waals surface area contributed by atoms with E-state index < -0.39 is 0 Å². The van der Waals surface area contributed by atoms with Gasteiger partial charge in [0.05, 0.1) is 0 Å². The van der Waals surface area contributed by atoms with E-state index >= 15 is 0 Å². The van der Waals surface area contributed by atoms with E-state index in [9.17, 15) is 4.79 Å². The molecule has 2 rings (SSSR count). The molecule has 3 N–H and O–H groups in total. The quantitative estimate of drug-likeness (QED) is 0.323. The number of carbonyl (C=O) groups is 1. The highest BCUT2D eigenvalue weighted by Gasteiger charge is 2.35. The van der Waals surface area contributed by atoms with E-state index in [1.807, 2.05) is 4.90 Å². The standard InChI is InChI=1S/C12H21N3O3/c1-8-4-7-18-10(8)12(16)15-5-2-9(3-6-15)11(13)14-17/h8-10,17H,2-7H2,1H3,(H2,13,14). The lowest BCUT2D eigenvalue weighted by molar-refractivity contribution is -0.143. The number of amides is 1. The highest BCUT2D eigenvalue weighted by atomic mass is 16.5. The molecule has 2 unspecified atom stereocenters. The molecule has 1 amide bonds. The summed E-state index contributed by atoms with van der Waals surface area (Å²) in [4.78, 5) is 14.1. The minimum atomic E-state index is -0.273. The minimum absolute atomic E-state index is 0.0842. The molecule has 0 spiro atoms. The van der Waals surface area contributed by atoms with Gasteiger partial charge in [0.15, 0.2) is 0 Å². The molecular formula is C12H21N3O3. The number of hydrogen-bond donors (Lipinski definition) is 2. The van der Waals surface area contributed by atoms with Crippen LogP contribution in [0.1, 0.15) is 26.2 Å². The lowest BCUT2D eigenvalue weighted by atomic mass is 9.94. The van der Waals surface area contributed by atoms with Gasteiger partial charge in [0.25, 0.3) is 5.91 Å². The molecule has 0 aliphatic carbocycles. The Hall–Kier alpha value is -1.30. The number of ether oxygens (including phenoxy) is 1. The van der Waals surface area contributed by atoms with Gasteiger partial charge in [-0.3, -0.25) is 4.79 Å². The van der Waals surface area contributed by atoms with Gasteiger partial charge in [-0.2, -0.15) is 0 Å². The first-order valence-electron chi connectivity index (χ1n) is 6.51. The van der Waals surface area contributed by atoms with E-state index in [1.54, 1.807) is 0 Å².